The highest BCUT2D eigenvalue weighted by molar-refractivity contribution is 7.95. The van der Waals surface area contributed by atoms with E-state index in [1.54, 1.807) is 0 Å². The van der Waals surface area contributed by atoms with Crippen LogP contribution in [0.15, 0.2) is 101 Å². The van der Waals surface area contributed by atoms with Crippen LogP contribution in [-0.2, 0) is 0 Å². The van der Waals surface area contributed by atoms with Gasteiger partial charge in [0.25, 0.3) is 0 Å². The van der Waals surface area contributed by atoms with Crippen LogP contribution in [0.3, 0.4) is 0 Å². The van der Waals surface area contributed by atoms with Crippen molar-refractivity contribution in [1.29, 1.82) is 0 Å². The Balaban J connectivity index is 2.01. The lowest BCUT2D eigenvalue weighted by atomic mass is 10.2. The molecular weight excluding hydrogens is 359 g/mol. The average molecular weight is 385 g/mol. The van der Waals surface area contributed by atoms with Crippen LogP contribution in [0, 0.1) is 0 Å². The molecule has 3 aromatic rings. The van der Waals surface area contributed by atoms with Crippen LogP contribution in [0.4, 0.5) is 0 Å². The molecule has 0 radical (unpaired) electrons. The molecule has 1 unspecified atom stereocenters. The molecule has 140 valence electrons. The molecule has 0 fully saturated rings. The maximum Gasteiger partial charge on any atom is 0.184 e. The molecule has 3 heteroatoms. The van der Waals surface area contributed by atoms with E-state index in [9.17, 15) is 0 Å². The van der Waals surface area contributed by atoms with Crippen LogP contribution in [0.25, 0.3) is 0 Å². The molecule has 3 aromatic carbocycles. The van der Waals surface area contributed by atoms with Crippen molar-refractivity contribution in [2.24, 2.45) is 9.98 Å². The van der Waals surface area contributed by atoms with Gasteiger partial charge in [0.1, 0.15) is 29.3 Å². The molecule has 0 N–H and O–H groups in total. The Labute approximate surface area is 168 Å². The molecule has 1 aliphatic heterocycles. The quantitative estimate of drug-likeness (QED) is 0.553. The lowest BCUT2D eigenvalue weighted by Gasteiger charge is -2.33. The summed E-state index contributed by atoms with van der Waals surface area (Å²) in [5.41, 5.74) is 0.633. The van der Waals surface area contributed by atoms with E-state index in [2.05, 4.69) is 105 Å². The predicted octanol–water partition coefficient (Wildman–Crippen LogP) is 4.63. The third-order valence-corrected chi connectivity index (χ3v) is 10.0. The fraction of sp³-hybridized carbons (Fsp3) is 0.200. The van der Waals surface area contributed by atoms with Gasteiger partial charge >= 0.3 is 0 Å². The van der Waals surface area contributed by atoms with Gasteiger partial charge in [0.2, 0.25) is 0 Å². The number of hydrogen-bond donors (Lipinski definition) is 0. The fourth-order valence-electron chi connectivity index (χ4n) is 4.11. The lowest BCUT2D eigenvalue weighted by molar-refractivity contribution is 0.498. The van der Waals surface area contributed by atoms with E-state index < -0.39 is 7.26 Å². The van der Waals surface area contributed by atoms with Gasteiger partial charge in [-0.3, -0.25) is 9.98 Å². The van der Waals surface area contributed by atoms with Gasteiger partial charge in [0.05, 0.1) is 5.71 Å². The third-order valence-electron chi connectivity index (χ3n) is 5.52. The van der Waals surface area contributed by atoms with E-state index in [4.69, 9.17) is 9.98 Å². The second-order valence-electron chi connectivity index (χ2n) is 7.32. The van der Waals surface area contributed by atoms with Gasteiger partial charge in [-0.25, -0.2) is 0 Å². The zero-order chi connectivity index (χ0) is 19.5. The molecule has 0 saturated carbocycles. The molecule has 1 aliphatic rings. The van der Waals surface area contributed by atoms with Crippen molar-refractivity contribution < 1.29 is 0 Å². The Kier molecular flexibility index (Phi) is 5.24. The van der Waals surface area contributed by atoms with Gasteiger partial charge in [0, 0.05) is 6.21 Å². The Morgan fingerprint density at radius 1 is 0.714 bits per heavy atom. The summed E-state index contributed by atoms with van der Waals surface area (Å²) in [6.45, 7) is 4.25. The molecule has 4 rings (SSSR count). The molecule has 0 saturated heterocycles. The lowest BCUT2D eigenvalue weighted by Crippen LogP contribution is -2.41. The molecule has 1 atom stereocenters. The van der Waals surface area contributed by atoms with Crippen molar-refractivity contribution in [1.82, 2.24) is 0 Å². The topological polar surface area (TPSA) is 24.7 Å². The van der Waals surface area contributed by atoms with Crippen LogP contribution in [0.2, 0.25) is 0 Å². The number of rotatable bonds is 6. The Morgan fingerprint density at radius 2 is 1.14 bits per heavy atom. The van der Waals surface area contributed by atoms with Gasteiger partial charge in [-0.15, -0.1) is 0 Å². The fourth-order valence-corrected chi connectivity index (χ4v) is 8.73. The van der Waals surface area contributed by atoms with Gasteiger partial charge in [0.15, 0.2) is 5.66 Å². The maximum atomic E-state index is 5.02. The maximum absolute atomic E-state index is 5.02. The van der Waals surface area contributed by atoms with Crippen LogP contribution >= 0.6 is 7.26 Å². The van der Waals surface area contributed by atoms with Crippen LogP contribution in [-0.4, -0.2) is 23.8 Å². The Morgan fingerprint density at radius 3 is 1.46 bits per heavy atom. The minimum Gasteiger partial charge on any atom is -0.258 e. The number of hydrogen-bond acceptors (Lipinski definition) is 2. The van der Waals surface area contributed by atoms with Crippen LogP contribution in [0.1, 0.15) is 20.3 Å². The Bertz CT molecular complexity index is 884. The van der Waals surface area contributed by atoms with Gasteiger partial charge in [-0.2, -0.15) is 0 Å². The molecule has 0 spiro atoms. The highest BCUT2D eigenvalue weighted by atomic mass is 31.2. The van der Waals surface area contributed by atoms with Crippen molar-refractivity contribution in [2.45, 2.75) is 25.9 Å². The molecular formula is C25H26N2P+. The molecule has 0 bridgehead atoms. The van der Waals surface area contributed by atoms with Gasteiger partial charge in [-0.1, -0.05) is 61.5 Å². The molecule has 0 aliphatic carbocycles. The number of aliphatic imine (C=N–C) groups is 2. The summed E-state index contributed by atoms with van der Waals surface area (Å²) < 4.78 is 0. The summed E-state index contributed by atoms with van der Waals surface area (Å²) in [7, 11) is -1.93. The summed E-state index contributed by atoms with van der Waals surface area (Å²) in [5.74, 6) is 0. The first kappa shape index (κ1) is 18.8. The zero-order valence-electron chi connectivity index (χ0n) is 16.5. The summed E-state index contributed by atoms with van der Waals surface area (Å²) >= 11 is 0. The van der Waals surface area contributed by atoms with Crippen molar-refractivity contribution in [3.8, 4) is 0 Å². The van der Waals surface area contributed by atoms with E-state index in [1.165, 1.54) is 15.9 Å². The molecule has 1 heterocycles. The molecule has 28 heavy (non-hydrogen) atoms. The first-order valence-electron chi connectivity index (χ1n) is 9.85. The second kappa shape index (κ2) is 7.81. The van der Waals surface area contributed by atoms with Crippen molar-refractivity contribution in [2.75, 3.05) is 6.16 Å². The highest BCUT2D eigenvalue weighted by Gasteiger charge is 2.52. The van der Waals surface area contributed by atoms with E-state index in [-0.39, 0.29) is 5.66 Å². The van der Waals surface area contributed by atoms with Crippen LogP contribution in [0.5, 0.6) is 0 Å². The van der Waals surface area contributed by atoms with E-state index in [0.29, 0.717) is 0 Å². The van der Waals surface area contributed by atoms with Crippen molar-refractivity contribution >= 4 is 35.1 Å². The molecule has 0 aromatic heterocycles. The van der Waals surface area contributed by atoms with Gasteiger partial charge < -0.3 is 0 Å². The third kappa shape index (κ3) is 3.34. The summed E-state index contributed by atoms with van der Waals surface area (Å²) in [6, 6.07) is 32.9. The summed E-state index contributed by atoms with van der Waals surface area (Å²) in [4.78, 5) is 9.95. The van der Waals surface area contributed by atoms with E-state index in [1.807, 2.05) is 6.21 Å². The van der Waals surface area contributed by atoms with Crippen molar-refractivity contribution in [3.63, 3.8) is 0 Å². The first-order valence-corrected chi connectivity index (χ1v) is 11.8. The molecule has 0 amide bonds. The summed E-state index contributed by atoms with van der Waals surface area (Å²) in [6.07, 6.45) is 3.75. The largest absolute Gasteiger partial charge is 0.258 e. The number of nitrogens with zero attached hydrogens (tertiary/aromatic N) is 2. The van der Waals surface area contributed by atoms with Crippen molar-refractivity contribution in [3.05, 3.63) is 91.0 Å². The average Bonchev–Trinajstić information content (AvgIpc) is 3.15. The van der Waals surface area contributed by atoms with Gasteiger partial charge in [-0.05, 0) is 49.7 Å². The normalized spacial score (nSPS) is 18.9. The minimum atomic E-state index is -1.93. The highest BCUT2D eigenvalue weighted by Crippen LogP contribution is 2.58. The first-order chi connectivity index (χ1) is 13.7. The summed E-state index contributed by atoms with van der Waals surface area (Å²) in [5, 5.41) is 4.15. The van der Waals surface area contributed by atoms with E-state index >= 15 is 0 Å². The zero-order valence-corrected chi connectivity index (χ0v) is 17.4. The van der Waals surface area contributed by atoms with E-state index in [0.717, 1.165) is 18.3 Å². The monoisotopic (exact) mass is 385 g/mol. The SMILES string of the molecule is CCC1(C[P+](c2ccccc2)(c2ccccc2)c2ccccc2)N=CC(C)=N1. The minimum absolute atomic E-state index is 0.389. The smallest absolute Gasteiger partial charge is 0.184 e. The predicted molar refractivity (Wildman–Crippen MR) is 125 cm³/mol. The standard InChI is InChI=1S/C25H26N2P/c1-3-25(26-19-21(2)27-25)20-28(22-13-7-4-8-14-22,23-15-9-5-10-16-23)24-17-11-6-12-18-24/h4-19H,3,20H2,1-2H3/q+1. The van der Waals surface area contributed by atoms with Crippen LogP contribution < -0.4 is 15.9 Å². The number of benzene rings is 3. The molecule has 2 nitrogen and oxygen atoms in total. The Hall–Kier alpha value is -2.57. The second-order valence-corrected chi connectivity index (χ2v) is 10.8.